The van der Waals surface area contributed by atoms with Crippen LogP contribution in [-0.4, -0.2) is 33.6 Å². The van der Waals surface area contributed by atoms with E-state index in [4.69, 9.17) is 9.47 Å². The van der Waals surface area contributed by atoms with E-state index < -0.39 is 6.10 Å². The van der Waals surface area contributed by atoms with E-state index in [1.165, 1.54) is 24.3 Å². The third-order valence-corrected chi connectivity index (χ3v) is 3.80. The van der Waals surface area contributed by atoms with Crippen LogP contribution in [0.25, 0.3) is 0 Å². The van der Waals surface area contributed by atoms with Gasteiger partial charge in [-0.05, 0) is 23.8 Å². The zero-order chi connectivity index (χ0) is 15.9. The highest BCUT2D eigenvalue weighted by Gasteiger charge is 2.32. The minimum Gasteiger partial charge on any atom is -0.504 e. The Morgan fingerprint density at radius 3 is 2.32 bits per heavy atom. The third-order valence-electron chi connectivity index (χ3n) is 3.80. The first-order valence-corrected chi connectivity index (χ1v) is 6.75. The average Bonchev–Trinajstić information content (AvgIpc) is 2.50. The van der Waals surface area contributed by atoms with Crippen molar-refractivity contribution in [1.29, 1.82) is 0 Å². The van der Waals surface area contributed by atoms with Gasteiger partial charge >= 0.3 is 0 Å². The molecule has 0 saturated heterocycles. The van der Waals surface area contributed by atoms with Gasteiger partial charge in [-0.2, -0.15) is 0 Å². The lowest BCUT2D eigenvalue weighted by atomic mass is 9.94. The van der Waals surface area contributed by atoms with Gasteiger partial charge in [-0.25, -0.2) is 0 Å². The predicted molar refractivity (Wildman–Crippen MR) is 77.4 cm³/mol. The normalized spacial score (nSPS) is 20.2. The Hall–Kier alpha value is -2.60. The zero-order valence-electron chi connectivity index (χ0n) is 11.9. The Morgan fingerprint density at radius 2 is 1.64 bits per heavy atom. The Bertz CT molecular complexity index is 712. The molecule has 2 aromatic carbocycles. The van der Waals surface area contributed by atoms with E-state index >= 15 is 0 Å². The van der Waals surface area contributed by atoms with Crippen LogP contribution in [0.15, 0.2) is 30.3 Å². The number of hydrogen-bond acceptors (Lipinski definition) is 6. The molecule has 0 saturated carbocycles. The van der Waals surface area contributed by atoms with Crippen molar-refractivity contribution in [2.45, 2.75) is 18.6 Å². The maximum Gasteiger partial charge on any atom is 0.161 e. The van der Waals surface area contributed by atoms with Gasteiger partial charge in [0, 0.05) is 25.2 Å². The number of hydrogen-bond donors (Lipinski definition) is 4. The molecule has 2 atom stereocenters. The standard InChI is InChI=1S/C16H16O6/c1-21-15-6-9-5-12(19)13(20)7-14(9)22-16(15)8-2-3-10(17)11(18)4-8/h2-5,7,15-20H,6H2,1H3/t15-,16+/m0/s1. The smallest absolute Gasteiger partial charge is 0.161 e. The van der Waals surface area contributed by atoms with E-state index in [1.54, 1.807) is 13.2 Å². The van der Waals surface area contributed by atoms with Gasteiger partial charge in [-0.15, -0.1) is 0 Å². The van der Waals surface area contributed by atoms with Crippen LogP contribution in [0.3, 0.4) is 0 Å². The minimum atomic E-state index is -0.507. The van der Waals surface area contributed by atoms with Crippen molar-refractivity contribution >= 4 is 0 Å². The average molecular weight is 304 g/mol. The van der Waals surface area contributed by atoms with Crippen LogP contribution in [-0.2, 0) is 11.2 Å². The van der Waals surface area contributed by atoms with Gasteiger partial charge in [0.15, 0.2) is 29.1 Å². The van der Waals surface area contributed by atoms with Crippen LogP contribution in [0.2, 0.25) is 0 Å². The summed E-state index contributed by atoms with van der Waals surface area (Å²) in [7, 11) is 1.55. The highest BCUT2D eigenvalue weighted by atomic mass is 16.5. The number of fused-ring (bicyclic) bond motifs is 1. The lowest BCUT2D eigenvalue weighted by Crippen LogP contribution is -2.32. The molecule has 1 aliphatic heterocycles. The molecular weight excluding hydrogens is 288 g/mol. The molecule has 1 heterocycles. The summed E-state index contributed by atoms with van der Waals surface area (Å²) in [5.74, 6) is -0.479. The van der Waals surface area contributed by atoms with Crippen molar-refractivity contribution in [1.82, 2.24) is 0 Å². The van der Waals surface area contributed by atoms with Crippen molar-refractivity contribution in [2.24, 2.45) is 0 Å². The molecule has 1 aliphatic rings. The molecule has 22 heavy (non-hydrogen) atoms. The lowest BCUT2D eigenvalue weighted by molar-refractivity contribution is -0.0116. The fraction of sp³-hybridized carbons (Fsp3) is 0.250. The van der Waals surface area contributed by atoms with Crippen molar-refractivity contribution in [3.05, 3.63) is 41.5 Å². The number of phenolic OH excluding ortho intramolecular Hbond substituents is 4. The molecule has 0 unspecified atom stereocenters. The number of rotatable bonds is 2. The molecule has 0 spiro atoms. The number of phenols is 4. The fourth-order valence-corrected chi connectivity index (χ4v) is 2.61. The van der Waals surface area contributed by atoms with Gasteiger partial charge in [-0.3, -0.25) is 0 Å². The van der Waals surface area contributed by atoms with Crippen LogP contribution in [0.4, 0.5) is 0 Å². The van der Waals surface area contributed by atoms with Crippen molar-refractivity contribution in [3.63, 3.8) is 0 Å². The first kappa shape index (κ1) is 14.3. The topological polar surface area (TPSA) is 99.4 Å². The monoisotopic (exact) mass is 304 g/mol. The van der Waals surface area contributed by atoms with E-state index in [2.05, 4.69) is 0 Å². The van der Waals surface area contributed by atoms with E-state index in [1.807, 2.05) is 0 Å². The highest BCUT2D eigenvalue weighted by molar-refractivity contribution is 5.51. The minimum absolute atomic E-state index is 0.210. The number of methoxy groups -OCH3 is 1. The molecule has 0 bridgehead atoms. The first-order valence-electron chi connectivity index (χ1n) is 6.75. The van der Waals surface area contributed by atoms with Crippen LogP contribution >= 0.6 is 0 Å². The Morgan fingerprint density at radius 1 is 0.955 bits per heavy atom. The van der Waals surface area contributed by atoms with Gasteiger partial charge in [-0.1, -0.05) is 6.07 Å². The van der Waals surface area contributed by atoms with E-state index in [0.29, 0.717) is 17.7 Å². The molecule has 3 rings (SSSR count). The van der Waals surface area contributed by atoms with Gasteiger partial charge in [0.1, 0.15) is 11.9 Å². The maximum absolute atomic E-state index is 9.65. The second-order valence-electron chi connectivity index (χ2n) is 5.21. The van der Waals surface area contributed by atoms with Crippen LogP contribution in [0.1, 0.15) is 17.2 Å². The largest absolute Gasteiger partial charge is 0.504 e. The van der Waals surface area contributed by atoms with Crippen LogP contribution < -0.4 is 4.74 Å². The van der Waals surface area contributed by atoms with E-state index in [-0.39, 0.29) is 29.1 Å². The number of ether oxygens (including phenoxy) is 2. The molecule has 4 N–H and O–H groups in total. The summed E-state index contributed by atoms with van der Waals surface area (Å²) in [5, 5.41) is 38.2. The third kappa shape index (κ3) is 2.37. The summed E-state index contributed by atoms with van der Waals surface area (Å²) in [6, 6.07) is 7.23. The second-order valence-corrected chi connectivity index (χ2v) is 5.21. The molecule has 116 valence electrons. The van der Waals surface area contributed by atoms with Crippen molar-refractivity contribution < 1.29 is 29.9 Å². The molecular formula is C16H16O6. The Kier molecular flexibility index (Phi) is 3.46. The molecule has 6 nitrogen and oxygen atoms in total. The molecule has 0 amide bonds. The fourth-order valence-electron chi connectivity index (χ4n) is 2.61. The van der Waals surface area contributed by atoms with Gasteiger partial charge < -0.3 is 29.9 Å². The lowest BCUT2D eigenvalue weighted by Gasteiger charge is -2.33. The quantitative estimate of drug-likeness (QED) is 0.635. The van der Waals surface area contributed by atoms with E-state index in [0.717, 1.165) is 5.56 Å². The van der Waals surface area contributed by atoms with Crippen LogP contribution in [0.5, 0.6) is 28.7 Å². The number of benzene rings is 2. The summed E-state index contributed by atoms with van der Waals surface area (Å²) in [4.78, 5) is 0. The van der Waals surface area contributed by atoms with Crippen molar-refractivity contribution in [2.75, 3.05) is 7.11 Å². The maximum atomic E-state index is 9.65. The molecule has 0 aromatic heterocycles. The summed E-state index contributed by atoms with van der Waals surface area (Å²) in [6.45, 7) is 0. The predicted octanol–water partition coefficient (Wildman–Crippen LogP) is 2.20. The van der Waals surface area contributed by atoms with Crippen LogP contribution in [0, 0.1) is 0 Å². The highest BCUT2D eigenvalue weighted by Crippen LogP contribution is 2.42. The van der Waals surface area contributed by atoms with E-state index in [9.17, 15) is 20.4 Å². The Labute approximate surface area is 126 Å². The first-order chi connectivity index (χ1) is 10.5. The zero-order valence-corrected chi connectivity index (χ0v) is 11.9. The molecule has 2 aromatic rings. The summed E-state index contributed by atoms with van der Waals surface area (Å²) in [5.41, 5.74) is 1.36. The SMILES string of the molecule is CO[C@H]1Cc2cc(O)c(O)cc2O[C@@H]1c1ccc(O)c(O)c1. The summed E-state index contributed by atoms with van der Waals surface area (Å²) in [6.07, 6.45) is -0.361. The number of aromatic hydroxyl groups is 4. The summed E-state index contributed by atoms with van der Waals surface area (Å²) >= 11 is 0. The second kappa shape index (κ2) is 5.31. The van der Waals surface area contributed by atoms with Gasteiger partial charge in [0.25, 0.3) is 0 Å². The summed E-state index contributed by atoms with van der Waals surface area (Å²) < 4.78 is 11.3. The van der Waals surface area contributed by atoms with Crippen molar-refractivity contribution in [3.8, 4) is 28.7 Å². The molecule has 0 radical (unpaired) electrons. The molecule has 6 heteroatoms. The Balaban J connectivity index is 2.00. The molecule has 0 aliphatic carbocycles. The molecule has 0 fully saturated rings. The van der Waals surface area contributed by atoms with Gasteiger partial charge in [0.2, 0.25) is 0 Å². The van der Waals surface area contributed by atoms with Gasteiger partial charge in [0.05, 0.1) is 0 Å².